The Kier molecular flexibility index (Phi) is 5.54. The normalized spacial score (nSPS) is 17.2. The first-order valence-electron chi connectivity index (χ1n) is 7.81. The monoisotopic (exact) mass is 394 g/mol. The zero-order chi connectivity index (χ0) is 18.7. The number of hydrogen-bond donors (Lipinski definition) is 2. The lowest BCUT2D eigenvalue weighted by molar-refractivity contribution is -0.128. The molecule has 2 aromatic rings. The van der Waals surface area contributed by atoms with E-state index < -0.39 is 24.1 Å². The van der Waals surface area contributed by atoms with Gasteiger partial charge in [-0.25, -0.2) is 4.79 Å². The van der Waals surface area contributed by atoms with Gasteiger partial charge in [-0.2, -0.15) is 0 Å². The van der Waals surface area contributed by atoms with Crippen molar-refractivity contribution in [3.63, 3.8) is 0 Å². The molecule has 1 aliphatic rings. The number of benzene rings is 2. The number of hydrogen-bond acceptors (Lipinski definition) is 4. The largest absolute Gasteiger partial charge is 0.496 e. The van der Waals surface area contributed by atoms with Gasteiger partial charge in [0.25, 0.3) is 5.91 Å². The fourth-order valence-electron chi connectivity index (χ4n) is 2.73. The van der Waals surface area contributed by atoms with E-state index in [1.54, 1.807) is 36.4 Å². The van der Waals surface area contributed by atoms with Gasteiger partial charge in [-0.1, -0.05) is 35.3 Å². The van der Waals surface area contributed by atoms with Gasteiger partial charge in [-0.3, -0.25) is 4.79 Å². The fourth-order valence-corrected chi connectivity index (χ4v) is 3.11. The summed E-state index contributed by atoms with van der Waals surface area (Å²) in [5.74, 6) is 0.122. The van der Waals surface area contributed by atoms with Gasteiger partial charge in [0.2, 0.25) is 0 Å². The van der Waals surface area contributed by atoms with Crippen molar-refractivity contribution in [2.24, 2.45) is 0 Å². The molecule has 0 aromatic heterocycles. The van der Waals surface area contributed by atoms with E-state index >= 15 is 0 Å². The lowest BCUT2D eigenvalue weighted by Crippen LogP contribution is -2.39. The van der Waals surface area contributed by atoms with Gasteiger partial charge < -0.3 is 20.1 Å². The number of methoxy groups -OCH3 is 1. The summed E-state index contributed by atoms with van der Waals surface area (Å²) in [4.78, 5) is 23.8. The molecule has 1 saturated heterocycles. The van der Waals surface area contributed by atoms with Crippen molar-refractivity contribution < 1.29 is 19.1 Å². The van der Waals surface area contributed by atoms with E-state index in [1.807, 2.05) is 6.07 Å². The molecule has 8 heteroatoms. The van der Waals surface area contributed by atoms with Crippen LogP contribution in [0.3, 0.4) is 0 Å². The number of amides is 2. The first-order chi connectivity index (χ1) is 12.5. The highest BCUT2D eigenvalue weighted by Crippen LogP contribution is 2.33. The van der Waals surface area contributed by atoms with Gasteiger partial charge in [-0.15, -0.1) is 0 Å². The third-order valence-corrected chi connectivity index (χ3v) is 4.42. The summed E-state index contributed by atoms with van der Waals surface area (Å²) >= 11 is 12.3. The number of alkyl carbamates (subject to hydrolysis) is 1. The molecule has 0 spiro atoms. The Morgan fingerprint density at radius 2 is 2.04 bits per heavy atom. The second-order valence-electron chi connectivity index (χ2n) is 5.66. The minimum atomic E-state index is -0.908. The van der Waals surface area contributed by atoms with Crippen LogP contribution in [0.25, 0.3) is 0 Å². The number of ether oxygens (including phenoxy) is 2. The molecule has 0 radical (unpaired) electrons. The molecule has 0 aliphatic carbocycles. The molecule has 6 nitrogen and oxygen atoms in total. The molecule has 2 atom stereocenters. The average Bonchev–Trinajstić information content (AvgIpc) is 3.06. The Morgan fingerprint density at radius 1 is 1.27 bits per heavy atom. The highest BCUT2D eigenvalue weighted by atomic mass is 35.5. The quantitative estimate of drug-likeness (QED) is 0.815. The van der Waals surface area contributed by atoms with E-state index in [4.69, 9.17) is 32.7 Å². The molecular weight excluding hydrogens is 379 g/mol. The van der Waals surface area contributed by atoms with Gasteiger partial charge in [0.1, 0.15) is 5.75 Å². The summed E-state index contributed by atoms with van der Waals surface area (Å²) in [5.41, 5.74) is 1.40. The number of carbonyl (C=O) groups excluding carboxylic acids is 2. The number of nitrogens with one attached hydrogen (secondary N) is 2. The van der Waals surface area contributed by atoms with Crippen LogP contribution in [0.2, 0.25) is 10.0 Å². The molecule has 2 N–H and O–H groups in total. The van der Waals surface area contributed by atoms with E-state index in [0.717, 1.165) is 5.56 Å². The number of halogens is 2. The molecule has 2 aromatic carbocycles. The summed E-state index contributed by atoms with van der Waals surface area (Å²) < 4.78 is 10.4. The Hall–Kier alpha value is -2.44. The van der Waals surface area contributed by atoms with E-state index in [9.17, 15) is 9.59 Å². The zero-order valence-electron chi connectivity index (χ0n) is 13.8. The summed E-state index contributed by atoms with van der Waals surface area (Å²) in [6, 6.07) is 11.6. The van der Waals surface area contributed by atoms with E-state index in [-0.39, 0.29) is 6.54 Å². The first kappa shape index (κ1) is 18.4. The van der Waals surface area contributed by atoms with Crippen molar-refractivity contribution in [2.45, 2.75) is 12.1 Å². The smallest absolute Gasteiger partial charge is 0.408 e. The van der Waals surface area contributed by atoms with Gasteiger partial charge in [-0.05, 0) is 35.9 Å². The van der Waals surface area contributed by atoms with Crippen LogP contribution < -0.4 is 15.4 Å². The van der Waals surface area contributed by atoms with Crippen LogP contribution in [0, 0.1) is 0 Å². The standard InChI is InChI=1S/C18H16Cl2N2O4/c1-25-14-6-5-12(20)8-13(14)16(10-3-2-4-11(19)7-10)22-17(23)15-9-21-18(24)26-15/h2-8,15-16H,9H2,1H3,(H,21,24)(H,22,23). The van der Waals surface area contributed by atoms with E-state index in [0.29, 0.717) is 21.4 Å². The minimum absolute atomic E-state index is 0.111. The van der Waals surface area contributed by atoms with Crippen LogP contribution in [0.1, 0.15) is 17.2 Å². The third kappa shape index (κ3) is 4.03. The molecule has 3 rings (SSSR count). The molecule has 136 valence electrons. The van der Waals surface area contributed by atoms with Crippen molar-refractivity contribution in [1.29, 1.82) is 0 Å². The van der Waals surface area contributed by atoms with Crippen molar-refractivity contribution in [3.8, 4) is 5.75 Å². The van der Waals surface area contributed by atoms with Gasteiger partial charge in [0.15, 0.2) is 6.10 Å². The van der Waals surface area contributed by atoms with Crippen LogP contribution in [-0.2, 0) is 9.53 Å². The second kappa shape index (κ2) is 7.85. The van der Waals surface area contributed by atoms with Crippen LogP contribution in [-0.4, -0.2) is 31.8 Å². The molecule has 0 bridgehead atoms. The Morgan fingerprint density at radius 3 is 2.69 bits per heavy atom. The number of rotatable bonds is 5. The summed E-state index contributed by atoms with van der Waals surface area (Å²) in [6.07, 6.45) is -1.53. The Balaban J connectivity index is 1.98. The van der Waals surface area contributed by atoms with Crippen LogP contribution in [0.5, 0.6) is 5.75 Å². The lowest BCUT2D eigenvalue weighted by atomic mass is 9.97. The molecule has 1 fully saturated rings. The van der Waals surface area contributed by atoms with Crippen molar-refractivity contribution in [2.75, 3.05) is 13.7 Å². The van der Waals surface area contributed by atoms with Gasteiger partial charge >= 0.3 is 6.09 Å². The fraction of sp³-hybridized carbons (Fsp3) is 0.222. The number of carbonyl (C=O) groups is 2. The molecule has 1 heterocycles. The SMILES string of the molecule is COc1ccc(Cl)cc1C(NC(=O)C1CNC(=O)O1)c1cccc(Cl)c1. The maximum absolute atomic E-state index is 12.6. The molecule has 0 saturated carbocycles. The van der Waals surface area contributed by atoms with Crippen molar-refractivity contribution in [1.82, 2.24) is 10.6 Å². The van der Waals surface area contributed by atoms with Crippen molar-refractivity contribution >= 4 is 35.2 Å². The minimum Gasteiger partial charge on any atom is -0.496 e. The first-order valence-corrected chi connectivity index (χ1v) is 8.57. The maximum Gasteiger partial charge on any atom is 0.408 e. The Labute approximate surface area is 160 Å². The zero-order valence-corrected chi connectivity index (χ0v) is 15.3. The van der Waals surface area contributed by atoms with Crippen molar-refractivity contribution in [3.05, 3.63) is 63.6 Å². The van der Waals surface area contributed by atoms with Crippen LogP contribution in [0.15, 0.2) is 42.5 Å². The molecular formula is C18H16Cl2N2O4. The topological polar surface area (TPSA) is 76.7 Å². The molecule has 2 unspecified atom stereocenters. The van der Waals surface area contributed by atoms with Crippen LogP contribution >= 0.6 is 23.2 Å². The lowest BCUT2D eigenvalue weighted by Gasteiger charge is -2.23. The highest BCUT2D eigenvalue weighted by molar-refractivity contribution is 6.31. The highest BCUT2D eigenvalue weighted by Gasteiger charge is 2.32. The predicted molar refractivity (Wildman–Crippen MR) is 97.7 cm³/mol. The number of cyclic esters (lactones) is 1. The van der Waals surface area contributed by atoms with E-state index in [2.05, 4.69) is 10.6 Å². The third-order valence-electron chi connectivity index (χ3n) is 3.94. The second-order valence-corrected chi connectivity index (χ2v) is 6.53. The Bertz CT molecular complexity index is 844. The summed E-state index contributed by atoms with van der Waals surface area (Å²) in [6.45, 7) is 0.111. The predicted octanol–water partition coefficient (Wildman–Crippen LogP) is 3.32. The molecule has 2 amide bonds. The van der Waals surface area contributed by atoms with Gasteiger partial charge in [0, 0.05) is 15.6 Å². The molecule has 26 heavy (non-hydrogen) atoms. The van der Waals surface area contributed by atoms with Crippen LogP contribution in [0.4, 0.5) is 4.79 Å². The van der Waals surface area contributed by atoms with Gasteiger partial charge in [0.05, 0.1) is 19.7 Å². The maximum atomic E-state index is 12.6. The molecule has 1 aliphatic heterocycles. The summed E-state index contributed by atoms with van der Waals surface area (Å²) in [5, 5.41) is 6.36. The summed E-state index contributed by atoms with van der Waals surface area (Å²) in [7, 11) is 1.53. The van der Waals surface area contributed by atoms with E-state index in [1.165, 1.54) is 7.11 Å². The average molecular weight is 395 g/mol.